The highest BCUT2D eigenvalue weighted by Gasteiger charge is 2.19. The van der Waals surface area contributed by atoms with E-state index >= 15 is 0 Å². The van der Waals surface area contributed by atoms with Crippen molar-refractivity contribution >= 4 is 23.4 Å². The summed E-state index contributed by atoms with van der Waals surface area (Å²) in [5.74, 6) is 1.63. The molecule has 0 N–H and O–H groups in total. The minimum absolute atomic E-state index is 0.0844. The number of thioether (sulfide) groups is 1. The minimum atomic E-state index is -0.0844. The van der Waals surface area contributed by atoms with E-state index in [9.17, 15) is 4.79 Å². The topological polar surface area (TPSA) is 51.0 Å². The van der Waals surface area contributed by atoms with Crippen molar-refractivity contribution in [2.75, 3.05) is 11.9 Å². The van der Waals surface area contributed by atoms with Gasteiger partial charge in [0.15, 0.2) is 0 Å². The summed E-state index contributed by atoms with van der Waals surface area (Å²) in [7, 11) is 3.63. The van der Waals surface area contributed by atoms with Crippen molar-refractivity contribution in [1.82, 2.24) is 14.5 Å². The van der Waals surface area contributed by atoms with Gasteiger partial charge in [-0.25, -0.2) is 4.98 Å². The molecule has 0 radical (unpaired) electrons. The van der Waals surface area contributed by atoms with Crippen LogP contribution in [0.2, 0.25) is 0 Å². The molecule has 0 aliphatic carbocycles. The summed E-state index contributed by atoms with van der Waals surface area (Å²) in [6, 6.07) is 3.67. The highest BCUT2D eigenvalue weighted by Crippen LogP contribution is 2.18. The van der Waals surface area contributed by atoms with E-state index < -0.39 is 0 Å². The van der Waals surface area contributed by atoms with E-state index in [-0.39, 0.29) is 5.91 Å². The van der Waals surface area contributed by atoms with Crippen LogP contribution in [0.1, 0.15) is 30.2 Å². The molecule has 21 heavy (non-hydrogen) atoms. The van der Waals surface area contributed by atoms with Crippen LogP contribution in [0.4, 0.5) is 5.69 Å². The number of carbonyl (C=O) groups is 1. The van der Waals surface area contributed by atoms with E-state index in [0.29, 0.717) is 10.9 Å². The molecule has 0 aliphatic heterocycles. The molecule has 0 atom stereocenters. The highest BCUT2D eigenvalue weighted by molar-refractivity contribution is 7.99. The van der Waals surface area contributed by atoms with E-state index in [0.717, 1.165) is 17.3 Å². The average molecular weight is 304 g/mol. The number of carbonyl (C=O) groups excluding carboxylic acids is 1. The average Bonchev–Trinajstić information content (AvgIpc) is 2.85. The Balaban J connectivity index is 2.16. The van der Waals surface area contributed by atoms with Crippen LogP contribution in [0.5, 0.6) is 0 Å². The Kier molecular flexibility index (Phi) is 5.01. The summed E-state index contributed by atoms with van der Waals surface area (Å²) in [6.45, 7) is 4.30. The van der Waals surface area contributed by atoms with Gasteiger partial charge in [-0.2, -0.15) is 11.8 Å². The van der Waals surface area contributed by atoms with Crippen LogP contribution < -0.4 is 4.90 Å². The largest absolute Gasteiger partial charge is 0.326 e. The molecule has 0 fully saturated rings. The second-order valence-corrected chi connectivity index (χ2v) is 6.62. The molecule has 5 nitrogen and oxygen atoms in total. The Morgan fingerprint density at radius 2 is 2.19 bits per heavy atom. The summed E-state index contributed by atoms with van der Waals surface area (Å²) in [4.78, 5) is 22.5. The molecule has 2 aromatic heterocycles. The van der Waals surface area contributed by atoms with Gasteiger partial charge in [0.2, 0.25) is 0 Å². The maximum Gasteiger partial charge on any atom is 0.276 e. The third kappa shape index (κ3) is 3.64. The van der Waals surface area contributed by atoms with E-state index in [1.54, 1.807) is 30.5 Å². The Morgan fingerprint density at radius 1 is 1.43 bits per heavy atom. The highest BCUT2D eigenvalue weighted by atomic mass is 32.2. The number of pyridine rings is 1. The predicted molar refractivity (Wildman–Crippen MR) is 86.6 cm³/mol. The fourth-order valence-electron chi connectivity index (χ4n) is 1.86. The Bertz CT molecular complexity index is 609. The van der Waals surface area contributed by atoms with Crippen molar-refractivity contribution < 1.29 is 4.79 Å². The van der Waals surface area contributed by atoms with Gasteiger partial charge in [0.25, 0.3) is 5.91 Å². The quantitative estimate of drug-likeness (QED) is 0.852. The monoisotopic (exact) mass is 304 g/mol. The first-order valence-electron chi connectivity index (χ1n) is 6.81. The number of aromatic nitrogens is 3. The van der Waals surface area contributed by atoms with Crippen LogP contribution in [0.15, 0.2) is 30.7 Å². The molecule has 0 unspecified atom stereocenters. The van der Waals surface area contributed by atoms with Crippen LogP contribution in [-0.4, -0.2) is 32.7 Å². The van der Waals surface area contributed by atoms with Crippen molar-refractivity contribution in [1.29, 1.82) is 0 Å². The van der Waals surface area contributed by atoms with E-state index in [4.69, 9.17) is 0 Å². The molecule has 0 bridgehead atoms. The third-order valence-electron chi connectivity index (χ3n) is 3.19. The van der Waals surface area contributed by atoms with E-state index in [1.165, 1.54) is 0 Å². The van der Waals surface area contributed by atoms with Crippen molar-refractivity contribution in [2.45, 2.75) is 24.9 Å². The van der Waals surface area contributed by atoms with Gasteiger partial charge in [-0.1, -0.05) is 13.8 Å². The number of imidazole rings is 1. The molecule has 2 rings (SSSR count). The first kappa shape index (κ1) is 15.6. The lowest BCUT2D eigenvalue weighted by Gasteiger charge is -2.17. The summed E-state index contributed by atoms with van der Waals surface area (Å²) >= 11 is 1.81. The summed E-state index contributed by atoms with van der Waals surface area (Å²) in [5.41, 5.74) is 1.35. The van der Waals surface area contributed by atoms with Gasteiger partial charge >= 0.3 is 0 Å². The van der Waals surface area contributed by atoms with Crippen molar-refractivity contribution in [3.63, 3.8) is 0 Å². The molecule has 1 amide bonds. The zero-order valence-electron chi connectivity index (χ0n) is 12.8. The van der Waals surface area contributed by atoms with Gasteiger partial charge < -0.3 is 9.47 Å². The van der Waals surface area contributed by atoms with E-state index in [1.807, 2.05) is 35.5 Å². The number of rotatable bonds is 5. The van der Waals surface area contributed by atoms with Gasteiger partial charge in [-0.15, -0.1) is 0 Å². The summed E-state index contributed by atoms with van der Waals surface area (Å²) < 4.78 is 1.87. The molecule has 0 saturated carbocycles. The van der Waals surface area contributed by atoms with Crippen molar-refractivity contribution in [3.05, 3.63) is 42.2 Å². The number of anilines is 1. The maximum atomic E-state index is 12.5. The van der Waals surface area contributed by atoms with Crippen molar-refractivity contribution in [2.24, 2.45) is 7.05 Å². The van der Waals surface area contributed by atoms with Gasteiger partial charge in [-0.3, -0.25) is 9.78 Å². The van der Waals surface area contributed by atoms with Gasteiger partial charge in [0.05, 0.1) is 23.8 Å². The lowest BCUT2D eigenvalue weighted by molar-refractivity contribution is 0.0985. The van der Waals surface area contributed by atoms with E-state index in [2.05, 4.69) is 23.8 Å². The molecule has 2 heterocycles. The molecule has 0 aromatic carbocycles. The molecule has 0 saturated heterocycles. The first-order valence-corrected chi connectivity index (χ1v) is 7.86. The number of amides is 1. The molecule has 6 heteroatoms. The number of hydrogen-bond acceptors (Lipinski definition) is 4. The molecule has 0 aliphatic rings. The van der Waals surface area contributed by atoms with Crippen LogP contribution in [-0.2, 0) is 12.8 Å². The maximum absolute atomic E-state index is 12.5. The van der Waals surface area contributed by atoms with Gasteiger partial charge in [0.1, 0.15) is 11.5 Å². The minimum Gasteiger partial charge on any atom is -0.326 e. The van der Waals surface area contributed by atoms with Crippen LogP contribution >= 0.6 is 11.8 Å². The molecular formula is C15H20N4OS. The van der Waals surface area contributed by atoms with Gasteiger partial charge in [0, 0.05) is 20.3 Å². The van der Waals surface area contributed by atoms with Crippen molar-refractivity contribution in [3.8, 4) is 0 Å². The zero-order chi connectivity index (χ0) is 15.4. The number of hydrogen-bond donors (Lipinski definition) is 0. The van der Waals surface area contributed by atoms with Crippen LogP contribution in [0, 0.1) is 0 Å². The normalized spacial score (nSPS) is 10.9. The predicted octanol–water partition coefficient (Wildman–Crippen LogP) is 2.73. The standard InChI is InChI=1S/C15H20N4OS/c1-11(2)21-10-14-17-9-13(19(14)4)15(20)18(3)12-6-5-7-16-8-12/h5-9,11H,10H2,1-4H3. The summed E-state index contributed by atoms with van der Waals surface area (Å²) in [5, 5.41) is 0.541. The third-order valence-corrected chi connectivity index (χ3v) is 4.28. The fourth-order valence-corrected chi connectivity index (χ4v) is 2.61. The first-order chi connectivity index (χ1) is 10.0. The Morgan fingerprint density at radius 3 is 2.81 bits per heavy atom. The van der Waals surface area contributed by atoms with Gasteiger partial charge in [-0.05, 0) is 17.4 Å². The van der Waals surface area contributed by atoms with Crippen LogP contribution in [0.25, 0.3) is 0 Å². The Labute approximate surface area is 129 Å². The lowest BCUT2D eigenvalue weighted by Crippen LogP contribution is -2.28. The number of nitrogens with zero attached hydrogens (tertiary/aromatic N) is 4. The second kappa shape index (κ2) is 6.76. The zero-order valence-corrected chi connectivity index (χ0v) is 13.6. The SMILES string of the molecule is CC(C)SCc1ncc(C(=O)N(C)c2cccnc2)n1C. The molecule has 0 spiro atoms. The summed E-state index contributed by atoms with van der Waals surface area (Å²) in [6.07, 6.45) is 5.00. The van der Waals surface area contributed by atoms with Crippen LogP contribution in [0.3, 0.4) is 0 Å². The molecule has 112 valence electrons. The lowest BCUT2D eigenvalue weighted by atomic mass is 10.3. The molecular weight excluding hydrogens is 284 g/mol. The second-order valence-electron chi connectivity index (χ2n) is 5.05. The Hall–Kier alpha value is -1.82. The molecule has 2 aromatic rings. The smallest absolute Gasteiger partial charge is 0.276 e. The fraction of sp³-hybridized carbons (Fsp3) is 0.400.